The number of aryl methyl sites for hydroxylation is 1. The van der Waals surface area contributed by atoms with E-state index < -0.39 is 29.1 Å². The van der Waals surface area contributed by atoms with Gasteiger partial charge in [-0.1, -0.05) is 24.3 Å². The molecule has 1 saturated carbocycles. The molecule has 3 heterocycles. The lowest BCUT2D eigenvalue weighted by molar-refractivity contribution is -0.141. The van der Waals surface area contributed by atoms with Gasteiger partial charge in [-0.05, 0) is 42.4 Å². The van der Waals surface area contributed by atoms with E-state index in [0.29, 0.717) is 5.56 Å². The summed E-state index contributed by atoms with van der Waals surface area (Å²) in [5.74, 6) is -1.44. The Kier molecular flexibility index (Phi) is 5.98. The van der Waals surface area contributed by atoms with Crippen molar-refractivity contribution in [2.75, 3.05) is 16.8 Å². The lowest BCUT2D eigenvalue weighted by Gasteiger charge is -2.22. The number of carbonyl (C=O) groups is 2. The van der Waals surface area contributed by atoms with Crippen molar-refractivity contribution < 1.29 is 22.8 Å². The Bertz CT molecular complexity index is 1420. The van der Waals surface area contributed by atoms with Gasteiger partial charge in [-0.15, -0.1) is 0 Å². The van der Waals surface area contributed by atoms with Gasteiger partial charge >= 0.3 is 6.18 Å². The monoisotopic (exact) mass is 508 g/mol. The van der Waals surface area contributed by atoms with Gasteiger partial charge in [0, 0.05) is 37.1 Å². The largest absolute Gasteiger partial charge is 0.433 e. The van der Waals surface area contributed by atoms with E-state index in [2.05, 4.69) is 21.5 Å². The molecule has 11 heteroatoms. The zero-order valence-corrected chi connectivity index (χ0v) is 19.9. The molecule has 2 aromatic heterocycles. The summed E-state index contributed by atoms with van der Waals surface area (Å²) in [7, 11) is 1.79. The molecular formula is C26H23F3N6O2. The van der Waals surface area contributed by atoms with Crippen molar-refractivity contribution in [1.29, 1.82) is 5.26 Å². The predicted octanol–water partition coefficient (Wildman–Crippen LogP) is 4.34. The lowest BCUT2D eigenvalue weighted by Crippen LogP contribution is -2.35. The molecule has 2 fully saturated rings. The van der Waals surface area contributed by atoms with Crippen LogP contribution in [0, 0.1) is 22.7 Å². The number of nitriles is 1. The van der Waals surface area contributed by atoms with Crippen LogP contribution in [0.2, 0.25) is 0 Å². The Labute approximate surface area is 210 Å². The third kappa shape index (κ3) is 4.79. The second-order valence-corrected chi connectivity index (χ2v) is 9.49. The maximum atomic E-state index is 13.6. The van der Waals surface area contributed by atoms with Crippen LogP contribution in [-0.4, -0.2) is 33.1 Å². The maximum Gasteiger partial charge on any atom is 0.433 e. The summed E-state index contributed by atoms with van der Waals surface area (Å²) in [4.78, 5) is 30.7. The van der Waals surface area contributed by atoms with Crippen LogP contribution < -0.4 is 10.2 Å². The number of hydrogen-bond acceptors (Lipinski definition) is 5. The molecule has 3 aromatic rings. The van der Waals surface area contributed by atoms with E-state index in [-0.39, 0.29) is 36.8 Å². The van der Waals surface area contributed by atoms with Gasteiger partial charge in [0.2, 0.25) is 11.8 Å². The van der Waals surface area contributed by atoms with Gasteiger partial charge in [0.1, 0.15) is 16.9 Å². The van der Waals surface area contributed by atoms with Gasteiger partial charge in [0.25, 0.3) is 0 Å². The number of alkyl halides is 3. The number of nitrogens with zero attached hydrogens (tertiary/aromatic N) is 5. The molecule has 1 atom stereocenters. The summed E-state index contributed by atoms with van der Waals surface area (Å²) >= 11 is 0. The number of halogens is 3. The fourth-order valence-electron chi connectivity index (χ4n) is 4.82. The van der Waals surface area contributed by atoms with Gasteiger partial charge in [0.05, 0.1) is 18.7 Å². The van der Waals surface area contributed by atoms with E-state index in [1.807, 2.05) is 18.3 Å². The van der Waals surface area contributed by atoms with Crippen LogP contribution in [0.15, 0.2) is 48.8 Å². The average molecular weight is 509 g/mol. The molecule has 1 aliphatic carbocycles. The zero-order valence-electron chi connectivity index (χ0n) is 19.9. The highest BCUT2D eigenvalue weighted by atomic mass is 19.4. The molecular weight excluding hydrogens is 485 g/mol. The Hall–Kier alpha value is -4.20. The number of benzene rings is 1. The Morgan fingerprint density at radius 2 is 2.03 bits per heavy atom. The van der Waals surface area contributed by atoms with Crippen LogP contribution >= 0.6 is 0 Å². The molecule has 1 saturated heterocycles. The van der Waals surface area contributed by atoms with Crippen LogP contribution in [-0.2, 0) is 29.2 Å². The number of nitrogens with one attached hydrogen (secondary N) is 1. The van der Waals surface area contributed by atoms with Gasteiger partial charge in [-0.3, -0.25) is 14.3 Å². The van der Waals surface area contributed by atoms with Crippen molar-refractivity contribution in [3.8, 4) is 17.2 Å². The Morgan fingerprint density at radius 3 is 2.68 bits per heavy atom. The van der Waals surface area contributed by atoms with Crippen molar-refractivity contribution in [2.24, 2.45) is 18.4 Å². The summed E-state index contributed by atoms with van der Waals surface area (Å²) in [5.41, 5.74) is -0.105. The van der Waals surface area contributed by atoms with Crippen molar-refractivity contribution in [3.63, 3.8) is 0 Å². The van der Waals surface area contributed by atoms with E-state index in [1.54, 1.807) is 30.1 Å². The first-order chi connectivity index (χ1) is 17.6. The molecule has 37 heavy (non-hydrogen) atoms. The summed E-state index contributed by atoms with van der Waals surface area (Å²) in [5, 5.41) is 16.3. The molecule has 2 aliphatic rings. The summed E-state index contributed by atoms with van der Waals surface area (Å²) in [6, 6.07) is 11.4. The van der Waals surface area contributed by atoms with Crippen LogP contribution in [0.3, 0.4) is 0 Å². The zero-order chi connectivity index (χ0) is 26.4. The molecule has 2 amide bonds. The lowest BCUT2D eigenvalue weighted by atomic mass is 9.83. The molecule has 1 aliphatic heterocycles. The standard InChI is InChI=1S/C26H23F3N6O2/c1-34-14-18(13-31-34)17-4-2-3-16(9-17)10-23(36)33-22-12-20(11-21(32-22)26(27,28)29)35-8-7-25(15-30,24(35)37)19-5-6-19/h2-4,9,11-14,19H,5-8,10H2,1H3,(H,32,33,36)/t25-/m1/s1. The molecule has 190 valence electrons. The fraction of sp³-hybridized carbons (Fsp3) is 0.346. The number of amides is 2. The molecule has 8 nitrogen and oxygen atoms in total. The number of anilines is 2. The third-order valence-corrected chi connectivity index (χ3v) is 6.84. The minimum atomic E-state index is -4.79. The van der Waals surface area contributed by atoms with Crippen LogP contribution in [0.25, 0.3) is 11.1 Å². The van der Waals surface area contributed by atoms with E-state index in [4.69, 9.17) is 0 Å². The Morgan fingerprint density at radius 1 is 1.24 bits per heavy atom. The summed E-state index contributed by atoms with van der Waals surface area (Å²) < 4.78 is 42.6. The van der Waals surface area contributed by atoms with Gasteiger partial charge in [0.15, 0.2) is 0 Å². The summed E-state index contributed by atoms with van der Waals surface area (Å²) in [6.45, 7) is 0.124. The van der Waals surface area contributed by atoms with E-state index in [9.17, 15) is 28.0 Å². The first kappa shape index (κ1) is 24.5. The predicted molar refractivity (Wildman–Crippen MR) is 128 cm³/mol. The van der Waals surface area contributed by atoms with Gasteiger partial charge < -0.3 is 10.2 Å². The van der Waals surface area contributed by atoms with Crippen molar-refractivity contribution in [3.05, 3.63) is 60.0 Å². The average Bonchev–Trinajstić information content (AvgIpc) is 3.52. The molecule has 0 radical (unpaired) electrons. The van der Waals surface area contributed by atoms with E-state index >= 15 is 0 Å². The first-order valence-corrected chi connectivity index (χ1v) is 11.8. The molecule has 0 unspecified atom stereocenters. The molecule has 5 rings (SSSR count). The third-order valence-electron chi connectivity index (χ3n) is 6.84. The van der Waals surface area contributed by atoms with Crippen LogP contribution in [0.4, 0.5) is 24.7 Å². The molecule has 1 aromatic carbocycles. The quantitative estimate of drug-likeness (QED) is 0.534. The normalized spacial score (nSPS) is 19.6. The van der Waals surface area contributed by atoms with E-state index in [0.717, 1.165) is 30.0 Å². The number of hydrogen-bond donors (Lipinski definition) is 1. The Balaban J connectivity index is 1.38. The maximum absolute atomic E-state index is 13.6. The number of rotatable bonds is 6. The van der Waals surface area contributed by atoms with Crippen LogP contribution in [0.1, 0.15) is 30.5 Å². The second kappa shape index (κ2) is 9.03. The summed E-state index contributed by atoms with van der Waals surface area (Å²) in [6.07, 6.45) is 0.392. The van der Waals surface area contributed by atoms with E-state index in [1.165, 1.54) is 11.0 Å². The van der Waals surface area contributed by atoms with Crippen molar-refractivity contribution >= 4 is 23.3 Å². The number of pyridine rings is 1. The molecule has 0 spiro atoms. The highest BCUT2D eigenvalue weighted by Crippen LogP contribution is 2.52. The number of carbonyl (C=O) groups excluding carboxylic acids is 2. The topological polar surface area (TPSA) is 104 Å². The highest BCUT2D eigenvalue weighted by Gasteiger charge is 2.57. The number of aromatic nitrogens is 3. The molecule has 1 N–H and O–H groups in total. The van der Waals surface area contributed by atoms with Gasteiger partial charge in [-0.2, -0.15) is 23.5 Å². The highest BCUT2D eigenvalue weighted by molar-refractivity contribution is 6.02. The second-order valence-electron chi connectivity index (χ2n) is 9.49. The van der Waals surface area contributed by atoms with Crippen molar-refractivity contribution in [2.45, 2.75) is 31.9 Å². The molecule has 0 bridgehead atoms. The van der Waals surface area contributed by atoms with Crippen LogP contribution in [0.5, 0.6) is 0 Å². The van der Waals surface area contributed by atoms with Crippen molar-refractivity contribution in [1.82, 2.24) is 14.8 Å². The fourth-order valence-corrected chi connectivity index (χ4v) is 4.82. The minimum Gasteiger partial charge on any atom is -0.311 e. The smallest absolute Gasteiger partial charge is 0.311 e. The first-order valence-electron chi connectivity index (χ1n) is 11.8. The SMILES string of the molecule is Cn1cc(-c2cccc(CC(=O)Nc3cc(N4CC[C@@](C#N)(C5CC5)C4=O)cc(C(F)(F)F)n3)c2)cn1. The van der Waals surface area contributed by atoms with Gasteiger partial charge in [-0.25, -0.2) is 4.98 Å². The minimum absolute atomic E-state index is 0.0426.